The van der Waals surface area contributed by atoms with Crippen molar-refractivity contribution in [1.29, 1.82) is 0 Å². The van der Waals surface area contributed by atoms with E-state index in [1.165, 1.54) is 0 Å². The fourth-order valence-electron chi connectivity index (χ4n) is 0.236. The average molecular weight is 132 g/mol. The Morgan fingerprint density at radius 2 is 1.88 bits per heavy atom. The molecule has 0 saturated heterocycles. The lowest BCUT2D eigenvalue weighted by atomic mass is 10.4. The first-order valence-corrected chi connectivity index (χ1v) is 5.88. The van der Waals surface area contributed by atoms with Crippen molar-refractivity contribution in [3.05, 3.63) is 0 Å². The maximum atomic E-state index is 5.80. The smallest absolute Gasteiger partial charge is 0.0554 e. The van der Waals surface area contributed by atoms with E-state index in [1.807, 2.05) is 6.92 Å². The van der Waals surface area contributed by atoms with Gasteiger partial charge in [0.15, 0.2) is 0 Å². The van der Waals surface area contributed by atoms with Gasteiger partial charge >= 0.3 is 0 Å². The monoisotopic (exact) mass is 132 g/mol. The lowest BCUT2D eigenvalue weighted by molar-refractivity contribution is 0.653. The molecule has 0 aromatic carbocycles. The molecule has 0 aromatic heterocycles. The van der Waals surface area contributed by atoms with E-state index >= 15 is 0 Å². The van der Waals surface area contributed by atoms with Crippen LogP contribution in [0.4, 0.5) is 0 Å². The van der Waals surface area contributed by atoms with Crippen LogP contribution < -0.4 is 11.5 Å². The molecule has 2 nitrogen and oxygen atoms in total. The molecular weight excluding hydrogens is 116 g/mol. The van der Waals surface area contributed by atoms with Gasteiger partial charge in [0.1, 0.15) is 0 Å². The molecule has 3 heteroatoms. The minimum Gasteiger partial charge on any atom is -0.329 e. The second-order valence-electron chi connectivity index (χ2n) is 2.86. The molecule has 0 aliphatic heterocycles. The van der Waals surface area contributed by atoms with Crippen molar-refractivity contribution in [3.8, 4) is 0 Å². The second-order valence-corrected chi connectivity index (χ2v) is 6.49. The Labute approximate surface area is 52.9 Å². The molecular formula is C5H16N2Si. The molecule has 8 heavy (non-hydrogen) atoms. The van der Waals surface area contributed by atoms with E-state index < -0.39 is 8.80 Å². The van der Waals surface area contributed by atoms with Crippen molar-refractivity contribution in [2.75, 3.05) is 6.54 Å². The maximum absolute atomic E-state index is 5.80. The summed E-state index contributed by atoms with van der Waals surface area (Å²) in [7, 11) is -0.727. The summed E-state index contributed by atoms with van der Waals surface area (Å²) in [5.41, 5.74) is 11.2. The summed E-state index contributed by atoms with van der Waals surface area (Å²) in [6, 6.07) is 0. The number of rotatable bonds is 2. The van der Waals surface area contributed by atoms with E-state index in [0.29, 0.717) is 6.54 Å². The Morgan fingerprint density at radius 3 is 1.88 bits per heavy atom. The van der Waals surface area contributed by atoms with E-state index in [9.17, 15) is 0 Å². The first kappa shape index (κ1) is 8.14. The molecule has 4 N–H and O–H groups in total. The summed E-state index contributed by atoms with van der Waals surface area (Å²) < 4.78 is 0. The zero-order chi connectivity index (χ0) is 6.78. The van der Waals surface area contributed by atoms with Crippen LogP contribution in [0.25, 0.3) is 0 Å². The van der Waals surface area contributed by atoms with Gasteiger partial charge in [-0.3, -0.25) is 0 Å². The summed E-state index contributed by atoms with van der Waals surface area (Å²) in [6.45, 7) is 7.08. The zero-order valence-electron chi connectivity index (χ0n) is 5.94. The standard InChI is InChI=1S/C5H16N2Si/c1-5(7,4-6)8(2)3/h8H,4,6-7H2,1-3H3. The fourth-order valence-corrected chi connectivity index (χ4v) is 0.707. The summed E-state index contributed by atoms with van der Waals surface area (Å²) in [4.78, 5) is 0. The molecule has 50 valence electrons. The topological polar surface area (TPSA) is 52.0 Å². The van der Waals surface area contributed by atoms with Gasteiger partial charge in [-0.25, -0.2) is 0 Å². The highest BCUT2D eigenvalue weighted by molar-refractivity contribution is 6.59. The Kier molecular flexibility index (Phi) is 2.66. The summed E-state index contributed by atoms with van der Waals surface area (Å²) >= 11 is 0. The van der Waals surface area contributed by atoms with E-state index in [0.717, 1.165) is 0 Å². The Hall–Kier alpha value is 0.137. The average Bonchev–Trinajstić information content (AvgIpc) is 1.67. The Bertz CT molecular complexity index is 70.8. The minimum absolute atomic E-state index is 0.0417. The SMILES string of the molecule is C[SiH](C)C(C)(N)CN. The highest BCUT2D eigenvalue weighted by Crippen LogP contribution is 2.00. The molecule has 0 heterocycles. The number of nitrogens with two attached hydrogens (primary N) is 2. The largest absolute Gasteiger partial charge is 0.329 e. The molecule has 0 aliphatic carbocycles. The van der Waals surface area contributed by atoms with E-state index in [1.54, 1.807) is 0 Å². The van der Waals surface area contributed by atoms with Gasteiger partial charge in [0, 0.05) is 11.7 Å². The van der Waals surface area contributed by atoms with Gasteiger partial charge in [0.2, 0.25) is 0 Å². The van der Waals surface area contributed by atoms with Crippen LogP contribution in [0.3, 0.4) is 0 Å². The number of hydrogen-bond donors (Lipinski definition) is 2. The van der Waals surface area contributed by atoms with Crippen molar-refractivity contribution in [2.24, 2.45) is 11.5 Å². The highest BCUT2D eigenvalue weighted by atomic mass is 28.3. The summed E-state index contributed by atoms with van der Waals surface area (Å²) in [6.07, 6.45) is 0. The van der Waals surface area contributed by atoms with Gasteiger partial charge in [-0.05, 0) is 6.92 Å². The lowest BCUT2D eigenvalue weighted by Gasteiger charge is -2.25. The first-order chi connectivity index (χ1) is 3.50. The van der Waals surface area contributed by atoms with Crippen LogP contribution in [0, 0.1) is 0 Å². The van der Waals surface area contributed by atoms with Gasteiger partial charge in [0.05, 0.1) is 8.80 Å². The molecule has 0 aromatic rings. The van der Waals surface area contributed by atoms with Crippen LogP contribution in [0.2, 0.25) is 13.1 Å². The third-order valence-corrected chi connectivity index (χ3v) is 4.63. The molecule has 0 saturated carbocycles. The van der Waals surface area contributed by atoms with Gasteiger partial charge in [-0.15, -0.1) is 0 Å². The summed E-state index contributed by atoms with van der Waals surface area (Å²) in [5.74, 6) is 0. The van der Waals surface area contributed by atoms with Crippen molar-refractivity contribution in [1.82, 2.24) is 0 Å². The molecule has 0 amide bonds. The third kappa shape index (κ3) is 1.94. The van der Waals surface area contributed by atoms with Crippen LogP contribution in [0.1, 0.15) is 6.92 Å². The first-order valence-electron chi connectivity index (χ1n) is 2.99. The van der Waals surface area contributed by atoms with E-state index in [4.69, 9.17) is 11.5 Å². The van der Waals surface area contributed by atoms with Crippen LogP contribution >= 0.6 is 0 Å². The summed E-state index contributed by atoms with van der Waals surface area (Å²) in [5, 5.41) is -0.0417. The van der Waals surface area contributed by atoms with Crippen molar-refractivity contribution in [3.63, 3.8) is 0 Å². The second kappa shape index (κ2) is 2.62. The van der Waals surface area contributed by atoms with Crippen molar-refractivity contribution in [2.45, 2.75) is 25.2 Å². The van der Waals surface area contributed by atoms with Gasteiger partial charge in [-0.2, -0.15) is 0 Å². The maximum Gasteiger partial charge on any atom is 0.0554 e. The molecule has 0 radical (unpaired) electrons. The number of hydrogen-bond acceptors (Lipinski definition) is 2. The van der Waals surface area contributed by atoms with Crippen molar-refractivity contribution >= 4 is 8.80 Å². The predicted octanol–water partition coefficient (Wildman–Crippen LogP) is -0.312. The minimum atomic E-state index is -0.727. The van der Waals surface area contributed by atoms with Crippen LogP contribution in [-0.2, 0) is 0 Å². The van der Waals surface area contributed by atoms with Gasteiger partial charge in [0.25, 0.3) is 0 Å². The van der Waals surface area contributed by atoms with Crippen LogP contribution in [0.15, 0.2) is 0 Å². The molecule has 1 unspecified atom stereocenters. The molecule has 0 rings (SSSR count). The predicted molar refractivity (Wildman–Crippen MR) is 40.5 cm³/mol. The van der Waals surface area contributed by atoms with E-state index in [2.05, 4.69) is 13.1 Å². The lowest BCUT2D eigenvalue weighted by Crippen LogP contribution is -2.53. The fraction of sp³-hybridized carbons (Fsp3) is 1.00. The van der Waals surface area contributed by atoms with Crippen LogP contribution in [-0.4, -0.2) is 20.5 Å². The van der Waals surface area contributed by atoms with E-state index in [-0.39, 0.29) is 5.16 Å². The quantitative estimate of drug-likeness (QED) is 0.506. The third-order valence-electron chi connectivity index (χ3n) is 1.76. The molecule has 0 bridgehead atoms. The Morgan fingerprint density at radius 1 is 1.50 bits per heavy atom. The normalized spacial score (nSPS) is 18.8. The zero-order valence-corrected chi connectivity index (χ0v) is 7.09. The molecule has 0 aliphatic rings. The molecule has 1 atom stereocenters. The van der Waals surface area contributed by atoms with Gasteiger partial charge in [-0.1, -0.05) is 13.1 Å². The molecule has 0 spiro atoms. The molecule has 0 fully saturated rings. The highest BCUT2D eigenvalue weighted by Gasteiger charge is 2.20. The van der Waals surface area contributed by atoms with Crippen molar-refractivity contribution < 1.29 is 0 Å². The Balaban J connectivity index is 3.71. The van der Waals surface area contributed by atoms with Gasteiger partial charge < -0.3 is 11.5 Å². The van der Waals surface area contributed by atoms with Crippen LogP contribution in [0.5, 0.6) is 0 Å².